The van der Waals surface area contributed by atoms with Crippen molar-refractivity contribution >= 4 is 5.65 Å². The SMILES string of the molecule is CCN1CCCC1c1nc2c(C)cccn2n1. The predicted octanol–water partition coefficient (Wildman–Crippen LogP) is 2.19. The maximum absolute atomic E-state index is 4.70. The number of hydrogen-bond donors (Lipinski definition) is 0. The number of rotatable bonds is 2. The van der Waals surface area contributed by atoms with Gasteiger partial charge < -0.3 is 0 Å². The molecule has 0 spiro atoms. The van der Waals surface area contributed by atoms with Gasteiger partial charge in [-0.2, -0.15) is 0 Å². The van der Waals surface area contributed by atoms with Gasteiger partial charge >= 0.3 is 0 Å². The highest BCUT2D eigenvalue weighted by Gasteiger charge is 2.28. The highest BCUT2D eigenvalue weighted by Crippen LogP contribution is 2.29. The zero-order valence-electron chi connectivity index (χ0n) is 10.4. The number of nitrogens with zero attached hydrogens (tertiary/aromatic N) is 4. The van der Waals surface area contributed by atoms with Gasteiger partial charge in [0, 0.05) is 6.20 Å². The van der Waals surface area contributed by atoms with Crippen LogP contribution in [0.25, 0.3) is 5.65 Å². The summed E-state index contributed by atoms with van der Waals surface area (Å²) in [7, 11) is 0. The summed E-state index contributed by atoms with van der Waals surface area (Å²) in [6.07, 6.45) is 4.42. The molecule has 0 aromatic carbocycles. The molecule has 1 unspecified atom stereocenters. The summed E-state index contributed by atoms with van der Waals surface area (Å²) < 4.78 is 1.90. The van der Waals surface area contributed by atoms with E-state index in [-0.39, 0.29) is 0 Å². The molecule has 3 heterocycles. The van der Waals surface area contributed by atoms with Gasteiger partial charge in [-0.05, 0) is 44.5 Å². The fourth-order valence-electron chi connectivity index (χ4n) is 2.69. The van der Waals surface area contributed by atoms with Crippen LogP contribution in [0.15, 0.2) is 18.3 Å². The van der Waals surface area contributed by atoms with Crippen LogP contribution in [0.4, 0.5) is 0 Å². The zero-order valence-corrected chi connectivity index (χ0v) is 10.4. The van der Waals surface area contributed by atoms with Crippen molar-refractivity contribution in [1.82, 2.24) is 19.5 Å². The quantitative estimate of drug-likeness (QED) is 0.793. The molecule has 1 aliphatic rings. The Morgan fingerprint density at radius 2 is 2.35 bits per heavy atom. The standard InChI is InChI=1S/C13H18N4/c1-3-16-8-5-7-11(16)12-14-13-10(2)6-4-9-17(13)15-12/h4,6,9,11H,3,5,7-8H2,1-2H3. The lowest BCUT2D eigenvalue weighted by atomic mass is 10.2. The predicted molar refractivity (Wildman–Crippen MR) is 66.9 cm³/mol. The molecular weight excluding hydrogens is 212 g/mol. The first-order valence-electron chi connectivity index (χ1n) is 6.35. The molecule has 1 fully saturated rings. The summed E-state index contributed by atoms with van der Waals surface area (Å²) in [5.74, 6) is 0.985. The second kappa shape index (κ2) is 4.11. The second-order valence-corrected chi connectivity index (χ2v) is 4.72. The molecule has 0 aliphatic carbocycles. The molecule has 1 atom stereocenters. The molecule has 90 valence electrons. The van der Waals surface area contributed by atoms with Crippen molar-refractivity contribution in [2.45, 2.75) is 32.7 Å². The van der Waals surface area contributed by atoms with Crippen molar-refractivity contribution in [2.24, 2.45) is 0 Å². The minimum atomic E-state index is 0.416. The van der Waals surface area contributed by atoms with Gasteiger partial charge in [0.15, 0.2) is 11.5 Å². The third-order valence-corrected chi connectivity index (χ3v) is 3.64. The van der Waals surface area contributed by atoms with Gasteiger partial charge in [-0.3, -0.25) is 4.90 Å². The number of fused-ring (bicyclic) bond motifs is 1. The number of pyridine rings is 1. The van der Waals surface area contributed by atoms with Gasteiger partial charge in [0.1, 0.15) is 0 Å². The third-order valence-electron chi connectivity index (χ3n) is 3.64. The largest absolute Gasteiger partial charge is 0.294 e. The zero-order chi connectivity index (χ0) is 11.8. The van der Waals surface area contributed by atoms with Crippen LogP contribution in [0, 0.1) is 6.92 Å². The Morgan fingerprint density at radius 1 is 1.47 bits per heavy atom. The van der Waals surface area contributed by atoms with E-state index in [1.54, 1.807) is 0 Å². The molecule has 1 aliphatic heterocycles. The number of aromatic nitrogens is 3. The van der Waals surface area contributed by atoms with Gasteiger partial charge in [-0.1, -0.05) is 13.0 Å². The molecular formula is C13H18N4. The van der Waals surface area contributed by atoms with Crippen LogP contribution in [0.1, 0.15) is 37.2 Å². The van der Waals surface area contributed by atoms with E-state index in [0.29, 0.717) is 6.04 Å². The molecule has 17 heavy (non-hydrogen) atoms. The first-order chi connectivity index (χ1) is 8.29. The van der Waals surface area contributed by atoms with Crippen molar-refractivity contribution < 1.29 is 0 Å². The minimum Gasteiger partial charge on any atom is -0.294 e. The highest BCUT2D eigenvalue weighted by atomic mass is 15.3. The lowest BCUT2D eigenvalue weighted by Gasteiger charge is -2.19. The molecule has 0 saturated carbocycles. The van der Waals surface area contributed by atoms with E-state index in [0.717, 1.165) is 18.0 Å². The summed E-state index contributed by atoms with van der Waals surface area (Å²) in [6.45, 7) is 6.55. The Balaban J connectivity index is 2.03. The Bertz CT molecular complexity index is 531. The summed E-state index contributed by atoms with van der Waals surface area (Å²) in [6, 6.07) is 4.52. The topological polar surface area (TPSA) is 33.4 Å². The van der Waals surface area contributed by atoms with E-state index < -0.39 is 0 Å². The summed E-state index contributed by atoms with van der Waals surface area (Å²) >= 11 is 0. The molecule has 4 nitrogen and oxygen atoms in total. The Kier molecular flexibility index (Phi) is 2.59. The Morgan fingerprint density at radius 3 is 3.12 bits per heavy atom. The number of aryl methyl sites for hydroxylation is 1. The molecule has 3 rings (SSSR count). The lowest BCUT2D eigenvalue weighted by Crippen LogP contribution is -2.23. The first-order valence-corrected chi connectivity index (χ1v) is 6.35. The lowest BCUT2D eigenvalue weighted by molar-refractivity contribution is 0.262. The molecule has 0 bridgehead atoms. The molecule has 0 amide bonds. The van der Waals surface area contributed by atoms with Gasteiger partial charge in [0.05, 0.1) is 6.04 Å². The van der Waals surface area contributed by atoms with Gasteiger partial charge in [-0.25, -0.2) is 9.50 Å². The molecule has 0 N–H and O–H groups in total. The maximum Gasteiger partial charge on any atom is 0.168 e. The van der Waals surface area contributed by atoms with Crippen LogP contribution in [0.2, 0.25) is 0 Å². The monoisotopic (exact) mass is 230 g/mol. The first kappa shape index (κ1) is 10.7. The summed E-state index contributed by atoms with van der Waals surface area (Å²) in [5, 5.41) is 4.62. The normalized spacial score (nSPS) is 21.4. The molecule has 2 aromatic rings. The van der Waals surface area contributed by atoms with Crippen LogP contribution < -0.4 is 0 Å². The molecule has 2 aromatic heterocycles. The van der Waals surface area contributed by atoms with E-state index in [4.69, 9.17) is 4.98 Å². The van der Waals surface area contributed by atoms with Gasteiger partial charge in [0.25, 0.3) is 0 Å². The van der Waals surface area contributed by atoms with Gasteiger partial charge in [-0.15, -0.1) is 5.10 Å². The Hall–Kier alpha value is -1.42. The maximum atomic E-state index is 4.70. The second-order valence-electron chi connectivity index (χ2n) is 4.72. The molecule has 1 saturated heterocycles. The van der Waals surface area contributed by atoms with Crippen molar-refractivity contribution in [3.05, 3.63) is 29.7 Å². The summed E-state index contributed by atoms with van der Waals surface area (Å²) in [4.78, 5) is 7.17. The minimum absolute atomic E-state index is 0.416. The van der Waals surface area contributed by atoms with E-state index in [1.807, 2.05) is 16.8 Å². The fourth-order valence-corrected chi connectivity index (χ4v) is 2.69. The average Bonchev–Trinajstić information content (AvgIpc) is 2.94. The van der Waals surface area contributed by atoms with E-state index in [1.165, 1.54) is 24.9 Å². The van der Waals surface area contributed by atoms with Crippen LogP contribution >= 0.6 is 0 Å². The van der Waals surface area contributed by atoms with E-state index in [9.17, 15) is 0 Å². The summed E-state index contributed by atoms with van der Waals surface area (Å²) in [5.41, 5.74) is 2.18. The van der Waals surface area contributed by atoms with Crippen molar-refractivity contribution in [2.75, 3.05) is 13.1 Å². The van der Waals surface area contributed by atoms with E-state index >= 15 is 0 Å². The van der Waals surface area contributed by atoms with Crippen LogP contribution in [0.3, 0.4) is 0 Å². The van der Waals surface area contributed by atoms with Gasteiger partial charge in [0.2, 0.25) is 0 Å². The third kappa shape index (κ3) is 1.72. The van der Waals surface area contributed by atoms with E-state index in [2.05, 4.69) is 29.9 Å². The van der Waals surface area contributed by atoms with Crippen LogP contribution in [-0.4, -0.2) is 32.6 Å². The molecule has 4 heteroatoms. The van der Waals surface area contributed by atoms with Crippen LogP contribution in [0.5, 0.6) is 0 Å². The fraction of sp³-hybridized carbons (Fsp3) is 0.538. The molecule has 0 radical (unpaired) electrons. The number of likely N-dealkylation sites (tertiary alicyclic amines) is 1. The highest BCUT2D eigenvalue weighted by molar-refractivity contribution is 5.46. The van der Waals surface area contributed by atoms with Crippen molar-refractivity contribution in [3.63, 3.8) is 0 Å². The van der Waals surface area contributed by atoms with Crippen molar-refractivity contribution in [1.29, 1.82) is 0 Å². The smallest absolute Gasteiger partial charge is 0.168 e. The Labute approximate surface area is 101 Å². The van der Waals surface area contributed by atoms with Crippen LogP contribution in [-0.2, 0) is 0 Å². The number of hydrogen-bond acceptors (Lipinski definition) is 3. The average molecular weight is 230 g/mol. The van der Waals surface area contributed by atoms with Crippen molar-refractivity contribution in [3.8, 4) is 0 Å².